The number of rotatable bonds is 8. The number of anilines is 2. The molecule has 2 aromatic carbocycles. The third-order valence-corrected chi connectivity index (χ3v) is 9.81. The monoisotopic (exact) mass is 637 g/mol. The molecule has 3 aromatic rings. The van der Waals surface area contributed by atoms with Crippen LogP contribution in [0.4, 0.5) is 24.5 Å². The summed E-state index contributed by atoms with van der Waals surface area (Å²) in [6.45, 7) is 3.18. The molecule has 0 bridgehead atoms. The van der Waals surface area contributed by atoms with Gasteiger partial charge in [0, 0.05) is 41.2 Å². The van der Waals surface area contributed by atoms with Gasteiger partial charge in [0.1, 0.15) is 12.3 Å². The lowest BCUT2D eigenvalue weighted by Gasteiger charge is -2.49. The van der Waals surface area contributed by atoms with Crippen LogP contribution in [0.3, 0.4) is 0 Å². The lowest BCUT2D eigenvalue weighted by Crippen LogP contribution is -2.53. The molecule has 6 rings (SSSR count). The van der Waals surface area contributed by atoms with E-state index in [-0.39, 0.29) is 18.5 Å². The molecule has 1 aliphatic carbocycles. The fourth-order valence-electron chi connectivity index (χ4n) is 7.11. The molecule has 1 amide bonds. The first-order valence-electron chi connectivity index (χ1n) is 16.1. The van der Waals surface area contributed by atoms with E-state index in [0.29, 0.717) is 39.7 Å². The Labute approximate surface area is 268 Å². The van der Waals surface area contributed by atoms with Crippen LogP contribution >= 0.6 is 0 Å². The Hall–Kier alpha value is -3.88. The van der Waals surface area contributed by atoms with Gasteiger partial charge in [-0.05, 0) is 93.9 Å². The molecule has 8 nitrogen and oxygen atoms in total. The molecule has 1 aromatic heterocycles. The second kappa shape index (κ2) is 13.5. The van der Waals surface area contributed by atoms with Gasteiger partial charge in [-0.2, -0.15) is 13.2 Å². The average Bonchev–Trinajstić information content (AvgIpc) is 3.38. The van der Waals surface area contributed by atoms with Crippen molar-refractivity contribution in [3.05, 3.63) is 53.7 Å². The zero-order valence-electron chi connectivity index (χ0n) is 26.4. The lowest BCUT2D eigenvalue weighted by molar-refractivity contribution is -0.143. The van der Waals surface area contributed by atoms with Crippen molar-refractivity contribution >= 4 is 28.2 Å². The Kier molecular flexibility index (Phi) is 9.39. The predicted molar refractivity (Wildman–Crippen MR) is 173 cm³/mol. The molecule has 3 aliphatic rings. The maximum atomic E-state index is 13.7. The van der Waals surface area contributed by atoms with Crippen LogP contribution in [0.15, 0.2) is 42.5 Å². The summed E-state index contributed by atoms with van der Waals surface area (Å²) in [5, 5.41) is 10.1. The van der Waals surface area contributed by atoms with E-state index in [1.165, 1.54) is 24.5 Å². The minimum Gasteiger partial charge on any atom is -0.495 e. The number of hydrogen-bond acceptors (Lipinski definition) is 6. The van der Waals surface area contributed by atoms with Gasteiger partial charge >= 0.3 is 6.18 Å². The number of methoxy groups -OCH3 is 1. The summed E-state index contributed by atoms with van der Waals surface area (Å²) in [6, 6.07) is 13.1. The number of nitrogens with one attached hydrogen (secondary N) is 3. The smallest absolute Gasteiger partial charge is 0.406 e. The standard InChI is InChI=1S/C35H42F3N5O3/c1-39-33(44)24-8-13-30(32(19-24)45-2)40-16-4-5-27-20-28-29(6-3-7-31(28)43(27)21-35(36,37)38)41-25-9-11-26(12-10-25)42-17-14-34(15-18-42)22-46-23-34/h3,6-8,13,19-20,25-26,40-41H,9-12,14-18,21-23H2,1-2H3,(H,39,44). The molecular weight excluding hydrogens is 595 g/mol. The minimum atomic E-state index is -4.40. The summed E-state index contributed by atoms with van der Waals surface area (Å²) in [5.41, 5.74) is 3.15. The number of fused-ring (bicyclic) bond motifs is 1. The number of likely N-dealkylation sites (tertiary alicyclic amines) is 1. The first-order chi connectivity index (χ1) is 22.2. The van der Waals surface area contributed by atoms with Gasteiger partial charge in [0.05, 0.1) is 43.8 Å². The number of amides is 1. The number of nitrogens with zero attached hydrogens (tertiary/aromatic N) is 2. The minimum absolute atomic E-state index is 0.170. The maximum absolute atomic E-state index is 13.7. The van der Waals surface area contributed by atoms with Crippen molar-refractivity contribution in [2.24, 2.45) is 5.41 Å². The van der Waals surface area contributed by atoms with Crippen LogP contribution < -0.4 is 20.7 Å². The van der Waals surface area contributed by atoms with Crippen LogP contribution in [0.2, 0.25) is 0 Å². The van der Waals surface area contributed by atoms with E-state index in [4.69, 9.17) is 9.47 Å². The number of ether oxygens (including phenoxy) is 2. The van der Waals surface area contributed by atoms with Gasteiger partial charge in [0.15, 0.2) is 0 Å². The van der Waals surface area contributed by atoms with Crippen molar-refractivity contribution in [1.82, 2.24) is 14.8 Å². The van der Waals surface area contributed by atoms with E-state index >= 15 is 0 Å². The van der Waals surface area contributed by atoms with Crippen molar-refractivity contribution in [3.8, 4) is 17.6 Å². The Morgan fingerprint density at radius 1 is 1.07 bits per heavy atom. The summed E-state index contributed by atoms with van der Waals surface area (Å²) in [6.07, 6.45) is 2.35. The van der Waals surface area contributed by atoms with Crippen molar-refractivity contribution in [1.29, 1.82) is 0 Å². The van der Waals surface area contributed by atoms with E-state index in [1.807, 2.05) is 12.1 Å². The SMILES string of the molecule is CNC(=O)c1ccc(NCC#Cc2cc3c(NC4CCC(N5CCC6(CC5)COC6)CC4)cccc3n2CC(F)(F)F)c(OC)c1. The van der Waals surface area contributed by atoms with Gasteiger partial charge in [-0.25, -0.2) is 0 Å². The zero-order valence-corrected chi connectivity index (χ0v) is 26.4. The topological polar surface area (TPSA) is 79.8 Å². The number of benzene rings is 2. The Bertz CT molecular complexity index is 1600. The van der Waals surface area contributed by atoms with Crippen molar-refractivity contribution in [2.45, 2.75) is 63.3 Å². The molecule has 1 spiro atoms. The molecule has 3 fully saturated rings. The highest BCUT2D eigenvalue weighted by atomic mass is 19.4. The van der Waals surface area contributed by atoms with Gasteiger partial charge in [0.2, 0.25) is 0 Å². The highest BCUT2D eigenvalue weighted by Crippen LogP contribution is 2.40. The Morgan fingerprint density at radius 3 is 2.48 bits per heavy atom. The summed E-state index contributed by atoms with van der Waals surface area (Å²) in [4.78, 5) is 14.6. The molecule has 0 radical (unpaired) electrons. The molecule has 11 heteroatoms. The number of alkyl halides is 3. The maximum Gasteiger partial charge on any atom is 0.406 e. The average molecular weight is 638 g/mol. The summed E-state index contributed by atoms with van der Waals surface area (Å²) in [7, 11) is 3.05. The van der Waals surface area contributed by atoms with Gasteiger partial charge < -0.3 is 34.9 Å². The summed E-state index contributed by atoms with van der Waals surface area (Å²) in [5.74, 6) is 6.16. The highest BCUT2D eigenvalue weighted by molar-refractivity contribution is 5.95. The van der Waals surface area contributed by atoms with Crippen LogP contribution in [0.1, 0.15) is 54.6 Å². The molecule has 3 heterocycles. The largest absolute Gasteiger partial charge is 0.495 e. The molecule has 46 heavy (non-hydrogen) atoms. The number of carbonyl (C=O) groups excluding carboxylic acids is 1. The van der Waals surface area contributed by atoms with Crippen LogP contribution in [0.25, 0.3) is 10.9 Å². The highest BCUT2D eigenvalue weighted by Gasteiger charge is 2.42. The summed E-state index contributed by atoms with van der Waals surface area (Å²) < 4.78 is 53.3. The van der Waals surface area contributed by atoms with E-state index in [1.54, 1.807) is 37.4 Å². The van der Waals surface area contributed by atoms with Crippen LogP contribution in [-0.2, 0) is 11.3 Å². The predicted octanol–water partition coefficient (Wildman–Crippen LogP) is 5.87. The van der Waals surface area contributed by atoms with Crippen LogP contribution in [0.5, 0.6) is 5.75 Å². The molecule has 2 saturated heterocycles. The number of aromatic nitrogens is 1. The third-order valence-electron chi connectivity index (χ3n) is 9.81. The van der Waals surface area contributed by atoms with E-state index < -0.39 is 12.7 Å². The Balaban J connectivity index is 1.13. The molecule has 0 unspecified atom stereocenters. The van der Waals surface area contributed by atoms with Crippen LogP contribution in [-0.4, -0.2) is 80.6 Å². The number of halogens is 3. The Morgan fingerprint density at radius 2 is 1.83 bits per heavy atom. The van der Waals surface area contributed by atoms with E-state index in [0.717, 1.165) is 63.1 Å². The van der Waals surface area contributed by atoms with Crippen molar-refractivity contribution in [2.75, 3.05) is 57.6 Å². The van der Waals surface area contributed by atoms with Crippen LogP contribution in [0, 0.1) is 17.3 Å². The van der Waals surface area contributed by atoms with Gasteiger partial charge in [-0.3, -0.25) is 4.79 Å². The number of carbonyl (C=O) groups is 1. The molecule has 246 valence electrons. The second-order valence-electron chi connectivity index (χ2n) is 12.8. The van der Waals surface area contributed by atoms with Gasteiger partial charge in [-0.1, -0.05) is 12.0 Å². The first-order valence-corrected chi connectivity index (χ1v) is 16.1. The molecular formula is C35H42F3N5O3. The van der Waals surface area contributed by atoms with Crippen molar-refractivity contribution < 1.29 is 27.4 Å². The first kappa shape index (κ1) is 32.1. The van der Waals surface area contributed by atoms with Gasteiger partial charge in [0.25, 0.3) is 5.91 Å². The molecule has 2 aliphatic heterocycles. The summed E-state index contributed by atoms with van der Waals surface area (Å²) >= 11 is 0. The lowest BCUT2D eigenvalue weighted by atomic mass is 9.76. The fraction of sp³-hybridized carbons (Fsp3) is 0.514. The zero-order chi connectivity index (χ0) is 32.3. The van der Waals surface area contributed by atoms with E-state index in [9.17, 15) is 18.0 Å². The fourth-order valence-corrected chi connectivity index (χ4v) is 7.11. The normalized spacial score (nSPS) is 21.2. The van der Waals surface area contributed by atoms with Crippen molar-refractivity contribution in [3.63, 3.8) is 0 Å². The molecule has 1 saturated carbocycles. The second-order valence-corrected chi connectivity index (χ2v) is 12.8. The number of piperidine rings is 1. The van der Waals surface area contributed by atoms with Gasteiger partial charge in [-0.15, -0.1) is 0 Å². The number of hydrogen-bond donors (Lipinski definition) is 3. The third kappa shape index (κ3) is 7.08. The quantitative estimate of drug-likeness (QED) is 0.268. The molecule has 3 N–H and O–H groups in total. The van der Waals surface area contributed by atoms with E-state index in [2.05, 4.69) is 32.7 Å². The molecule has 0 atom stereocenters.